The molecule has 6 nitrogen and oxygen atoms in total. The normalized spacial score (nSPS) is 12.9. The number of nitrogens with one attached hydrogen (secondary N) is 1. The van der Waals surface area contributed by atoms with Gasteiger partial charge in [0, 0.05) is 12.6 Å². The molecule has 0 bridgehead atoms. The molecule has 20 heavy (non-hydrogen) atoms. The molecule has 0 aliphatic carbocycles. The highest BCUT2D eigenvalue weighted by Gasteiger charge is 2.15. The van der Waals surface area contributed by atoms with Crippen LogP contribution in [-0.2, 0) is 14.8 Å². The molecule has 0 saturated heterocycles. The third-order valence-electron chi connectivity index (χ3n) is 2.57. The van der Waals surface area contributed by atoms with E-state index >= 15 is 0 Å². The maximum Gasteiger partial charge on any atom is 0.338 e. The lowest BCUT2D eigenvalue weighted by molar-refractivity contribution is 0.0526. The molecule has 1 atom stereocenters. The molecule has 3 N–H and O–H groups in total. The number of ether oxygens (including phenoxy) is 1. The van der Waals surface area contributed by atoms with E-state index in [1.165, 1.54) is 24.3 Å². The summed E-state index contributed by atoms with van der Waals surface area (Å²) < 4.78 is 31.2. The molecule has 0 heterocycles. The first-order valence-corrected chi connectivity index (χ1v) is 7.87. The van der Waals surface area contributed by atoms with Gasteiger partial charge in [-0.15, -0.1) is 0 Å². The van der Waals surface area contributed by atoms with Crippen molar-refractivity contribution in [3.63, 3.8) is 0 Å². The van der Waals surface area contributed by atoms with E-state index in [0.29, 0.717) is 12.0 Å². The van der Waals surface area contributed by atoms with Crippen LogP contribution >= 0.6 is 0 Å². The van der Waals surface area contributed by atoms with Crippen molar-refractivity contribution in [2.45, 2.75) is 31.2 Å². The number of hydrogen-bond acceptors (Lipinski definition) is 5. The smallest absolute Gasteiger partial charge is 0.338 e. The summed E-state index contributed by atoms with van der Waals surface area (Å²) >= 11 is 0. The molecular formula is C13H20N2O4S. The van der Waals surface area contributed by atoms with Crippen molar-refractivity contribution >= 4 is 16.0 Å². The summed E-state index contributed by atoms with van der Waals surface area (Å²) in [5, 5.41) is 0. The molecule has 7 heteroatoms. The predicted molar refractivity (Wildman–Crippen MR) is 75.9 cm³/mol. The Bertz CT molecular complexity index is 538. The molecule has 112 valence electrons. The number of benzene rings is 1. The van der Waals surface area contributed by atoms with Crippen LogP contribution in [0.15, 0.2) is 29.2 Å². The number of carbonyl (C=O) groups is 1. The van der Waals surface area contributed by atoms with Crippen LogP contribution in [0.3, 0.4) is 0 Å². The van der Waals surface area contributed by atoms with Crippen molar-refractivity contribution in [3.8, 4) is 0 Å². The summed E-state index contributed by atoms with van der Waals surface area (Å²) in [6, 6.07) is 5.54. The second-order valence-electron chi connectivity index (χ2n) is 4.41. The average Bonchev–Trinajstić information content (AvgIpc) is 2.38. The highest BCUT2D eigenvalue weighted by Crippen LogP contribution is 2.11. The van der Waals surface area contributed by atoms with Gasteiger partial charge in [0.05, 0.1) is 17.1 Å². The number of nitrogens with two attached hydrogens (primary N) is 1. The van der Waals surface area contributed by atoms with Crippen molar-refractivity contribution in [2.24, 2.45) is 5.73 Å². The summed E-state index contributed by atoms with van der Waals surface area (Å²) in [5.74, 6) is -0.471. The minimum Gasteiger partial charge on any atom is -0.462 e. The Morgan fingerprint density at radius 3 is 2.45 bits per heavy atom. The van der Waals surface area contributed by atoms with Gasteiger partial charge in [0.15, 0.2) is 0 Å². The van der Waals surface area contributed by atoms with Crippen molar-refractivity contribution in [2.75, 3.05) is 13.2 Å². The SMILES string of the molecule is CCOC(=O)c1ccc(S(=O)(=O)NCCC(C)N)cc1. The van der Waals surface area contributed by atoms with E-state index < -0.39 is 16.0 Å². The topological polar surface area (TPSA) is 98.5 Å². The highest BCUT2D eigenvalue weighted by atomic mass is 32.2. The quantitative estimate of drug-likeness (QED) is 0.728. The Morgan fingerprint density at radius 1 is 1.35 bits per heavy atom. The largest absolute Gasteiger partial charge is 0.462 e. The van der Waals surface area contributed by atoms with Crippen LogP contribution in [0.4, 0.5) is 0 Å². The molecule has 0 aliphatic heterocycles. The van der Waals surface area contributed by atoms with E-state index in [0.717, 1.165) is 0 Å². The molecule has 1 unspecified atom stereocenters. The van der Waals surface area contributed by atoms with Gasteiger partial charge < -0.3 is 10.5 Å². The zero-order valence-electron chi connectivity index (χ0n) is 11.6. The van der Waals surface area contributed by atoms with Crippen LogP contribution in [0.2, 0.25) is 0 Å². The molecule has 0 aromatic heterocycles. The Labute approximate surface area is 119 Å². The molecule has 0 aliphatic rings. The van der Waals surface area contributed by atoms with Crippen molar-refractivity contribution in [3.05, 3.63) is 29.8 Å². The van der Waals surface area contributed by atoms with Gasteiger partial charge in [-0.1, -0.05) is 0 Å². The fraction of sp³-hybridized carbons (Fsp3) is 0.462. The van der Waals surface area contributed by atoms with Crippen LogP contribution in [0.25, 0.3) is 0 Å². The van der Waals surface area contributed by atoms with Crippen molar-refractivity contribution in [1.82, 2.24) is 4.72 Å². The lowest BCUT2D eigenvalue weighted by Gasteiger charge is -2.09. The molecule has 0 radical (unpaired) electrons. The van der Waals surface area contributed by atoms with E-state index in [1.54, 1.807) is 6.92 Å². The number of sulfonamides is 1. The van der Waals surface area contributed by atoms with Gasteiger partial charge in [-0.3, -0.25) is 0 Å². The molecule has 0 spiro atoms. The third kappa shape index (κ3) is 4.92. The van der Waals surface area contributed by atoms with E-state index in [1.807, 2.05) is 6.92 Å². The van der Waals surface area contributed by atoms with Gasteiger partial charge in [0.1, 0.15) is 0 Å². The van der Waals surface area contributed by atoms with E-state index in [2.05, 4.69) is 4.72 Å². The second kappa shape index (κ2) is 7.37. The first-order chi connectivity index (χ1) is 9.36. The summed E-state index contributed by atoms with van der Waals surface area (Å²) in [5.41, 5.74) is 5.88. The lowest BCUT2D eigenvalue weighted by atomic mass is 10.2. The minimum atomic E-state index is -3.57. The summed E-state index contributed by atoms with van der Waals surface area (Å²) in [7, 11) is -3.57. The minimum absolute atomic E-state index is 0.0658. The van der Waals surface area contributed by atoms with Crippen LogP contribution in [0.1, 0.15) is 30.6 Å². The van der Waals surface area contributed by atoms with Gasteiger partial charge in [-0.2, -0.15) is 0 Å². The molecule has 0 saturated carbocycles. The number of rotatable bonds is 7. The Kier molecular flexibility index (Phi) is 6.12. The highest BCUT2D eigenvalue weighted by molar-refractivity contribution is 7.89. The van der Waals surface area contributed by atoms with Crippen LogP contribution in [-0.4, -0.2) is 33.6 Å². The van der Waals surface area contributed by atoms with Gasteiger partial charge in [0.2, 0.25) is 10.0 Å². The van der Waals surface area contributed by atoms with E-state index in [9.17, 15) is 13.2 Å². The van der Waals surface area contributed by atoms with Gasteiger partial charge >= 0.3 is 5.97 Å². The Hall–Kier alpha value is -1.44. The Balaban J connectivity index is 2.74. The van der Waals surface area contributed by atoms with Crippen molar-refractivity contribution in [1.29, 1.82) is 0 Å². The van der Waals surface area contributed by atoms with Gasteiger partial charge in [-0.05, 0) is 44.5 Å². The second-order valence-corrected chi connectivity index (χ2v) is 6.18. The summed E-state index contributed by atoms with van der Waals surface area (Å²) in [6.07, 6.45) is 0.556. The molecular weight excluding hydrogens is 280 g/mol. The van der Waals surface area contributed by atoms with E-state index in [-0.39, 0.29) is 24.1 Å². The summed E-state index contributed by atoms with van der Waals surface area (Å²) in [6.45, 7) is 4.07. The molecule has 0 fully saturated rings. The molecule has 1 rings (SSSR count). The first kappa shape index (κ1) is 16.6. The number of hydrogen-bond donors (Lipinski definition) is 2. The maximum absolute atomic E-state index is 12.0. The zero-order valence-corrected chi connectivity index (χ0v) is 12.4. The maximum atomic E-state index is 12.0. The fourth-order valence-corrected chi connectivity index (χ4v) is 2.54. The number of carbonyl (C=O) groups excluding carboxylic acids is 1. The molecule has 1 aromatic rings. The fourth-order valence-electron chi connectivity index (χ4n) is 1.49. The predicted octanol–water partition coefficient (Wildman–Crippen LogP) is 0.879. The van der Waals surface area contributed by atoms with Crippen molar-refractivity contribution < 1.29 is 17.9 Å². The average molecular weight is 300 g/mol. The standard InChI is InChI=1S/C13H20N2O4S/c1-3-19-13(16)11-4-6-12(7-5-11)20(17,18)15-9-8-10(2)14/h4-7,10,15H,3,8-9,14H2,1-2H3. The van der Waals surface area contributed by atoms with Gasteiger partial charge in [-0.25, -0.2) is 17.9 Å². The Morgan fingerprint density at radius 2 is 1.95 bits per heavy atom. The van der Waals surface area contributed by atoms with Gasteiger partial charge in [0.25, 0.3) is 0 Å². The molecule has 1 aromatic carbocycles. The number of esters is 1. The lowest BCUT2D eigenvalue weighted by Crippen LogP contribution is -2.29. The van der Waals surface area contributed by atoms with Crippen LogP contribution in [0.5, 0.6) is 0 Å². The first-order valence-electron chi connectivity index (χ1n) is 6.39. The monoisotopic (exact) mass is 300 g/mol. The van der Waals surface area contributed by atoms with Crippen LogP contribution < -0.4 is 10.5 Å². The zero-order chi connectivity index (χ0) is 15.2. The molecule has 0 amide bonds. The van der Waals surface area contributed by atoms with E-state index in [4.69, 9.17) is 10.5 Å². The van der Waals surface area contributed by atoms with Crippen LogP contribution in [0, 0.1) is 0 Å². The third-order valence-corrected chi connectivity index (χ3v) is 4.04. The summed E-state index contributed by atoms with van der Waals surface area (Å²) in [4.78, 5) is 11.6.